The number of piperazine rings is 1. The summed E-state index contributed by atoms with van der Waals surface area (Å²) in [5, 5.41) is 0.188. The van der Waals surface area contributed by atoms with Crippen LogP contribution in [0.3, 0.4) is 0 Å². The van der Waals surface area contributed by atoms with Crippen LogP contribution in [-0.4, -0.2) is 37.0 Å². The molecule has 3 nitrogen and oxygen atoms in total. The Kier molecular flexibility index (Phi) is 5.81. The van der Waals surface area contributed by atoms with Gasteiger partial charge in [0, 0.05) is 37.1 Å². The molecule has 2 aromatic rings. The van der Waals surface area contributed by atoms with Crippen LogP contribution in [-0.2, 0) is 17.1 Å². The fourth-order valence-electron chi connectivity index (χ4n) is 4.19. The Morgan fingerprint density at radius 2 is 1.59 bits per heavy atom. The zero-order chi connectivity index (χ0) is 23.3. The summed E-state index contributed by atoms with van der Waals surface area (Å²) in [5.41, 5.74) is -1.08. The molecule has 0 radical (unpaired) electrons. The first kappa shape index (κ1) is 22.8. The van der Waals surface area contributed by atoms with Crippen molar-refractivity contribution in [2.24, 2.45) is 5.92 Å². The van der Waals surface area contributed by atoms with Gasteiger partial charge < -0.3 is 9.80 Å². The summed E-state index contributed by atoms with van der Waals surface area (Å²) in [4.78, 5) is 16.0. The average Bonchev–Trinajstić information content (AvgIpc) is 3.53. The highest BCUT2D eigenvalue weighted by atomic mass is 35.5. The first-order valence-corrected chi connectivity index (χ1v) is 10.4. The summed E-state index contributed by atoms with van der Waals surface area (Å²) in [7, 11) is 0. The normalized spacial score (nSPS) is 21.6. The van der Waals surface area contributed by atoms with Crippen molar-refractivity contribution in [3.05, 3.63) is 64.2 Å². The molecule has 0 aromatic heterocycles. The highest BCUT2D eigenvalue weighted by Crippen LogP contribution is 2.49. The van der Waals surface area contributed by atoms with Crippen molar-refractivity contribution in [1.82, 2.24) is 4.90 Å². The molecule has 2 aliphatic rings. The van der Waals surface area contributed by atoms with Crippen molar-refractivity contribution in [2.75, 3.05) is 31.1 Å². The van der Waals surface area contributed by atoms with Gasteiger partial charge in [-0.05, 0) is 42.2 Å². The van der Waals surface area contributed by atoms with Crippen LogP contribution in [0, 0.1) is 5.92 Å². The molecular weight excluding hydrogens is 458 g/mol. The van der Waals surface area contributed by atoms with Gasteiger partial charge in [-0.3, -0.25) is 4.79 Å². The zero-order valence-corrected chi connectivity index (χ0v) is 17.4. The minimum atomic E-state index is -4.53. The van der Waals surface area contributed by atoms with Gasteiger partial charge >= 0.3 is 12.4 Å². The Labute approximate surface area is 185 Å². The molecule has 2 aromatic carbocycles. The van der Waals surface area contributed by atoms with E-state index in [1.165, 1.54) is 18.2 Å². The van der Waals surface area contributed by atoms with Crippen molar-refractivity contribution >= 4 is 23.2 Å². The van der Waals surface area contributed by atoms with Crippen molar-refractivity contribution < 1.29 is 31.1 Å². The Morgan fingerprint density at radius 1 is 0.906 bits per heavy atom. The van der Waals surface area contributed by atoms with Gasteiger partial charge in [-0.15, -0.1) is 0 Å². The lowest BCUT2D eigenvalue weighted by Gasteiger charge is -2.37. The summed E-state index contributed by atoms with van der Waals surface area (Å²) in [6.07, 6.45) is -8.51. The number of hydrogen-bond acceptors (Lipinski definition) is 2. The molecule has 1 heterocycles. The molecule has 1 saturated carbocycles. The fraction of sp³-hybridized carbons (Fsp3) is 0.409. The number of anilines is 1. The third kappa shape index (κ3) is 4.67. The molecule has 32 heavy (non-hydrogen) atoms. The predicted octanol–water partition coefficient (Wildman–Crippen LogP) is 5.83. The predicted molar refractivity (Wildman–Crippen MR) is 108 cm³/mol. The van der Waals surface area contributed by atoms with Crippen molar-refractivity contribution in [3.8, 4) is 0 Å². The van der Waals surface area contributed by atoms with Gasteiger partial charge in [0.05, 0.1) is 16.8 Å². The van der Waals surface area contributed by atoms with E-state index >= 15 is 0 Å². The summed E-state index contributed by atoms with van der Waals surface area (Å²) in [6.45, 7) is 0.870. The zero-order valence-electron chi connectivity index (χ0n) is 16.7. The largest absolute Gasteiger partial charge is 0.418 e. The Morgan fingerprint density at radius 3 is 2.22 bits per heavy atom. The molecule has 0 bridgehead atoms. The molecule has 10 heteroatoms. The van der Waals surface area contributed by atoms with Gasteiger partial charge in [-0.2, -0.15) is 26.3 Å². The van der Waals surface area contributed by atoms with Gasteiger partial charge in [0.1, 0.15) is 0 Å². The van der Waals surface area contributed by atoms with E-state index in [1.807, 2.05) is 0 Å². The van der Waals surface area contributed by atoms with E-state index in [2.05, 4.69) is 0 Å². The summed E-state index contributed by atoms with van der Waals surface area (Å²) >= 11 is 5.90. The Balaban J connectivity index is 1.40. The van der Waals surface area contributed by atoms with Gasteiger partial charge in [0.2, 0.25) is 5.91 Å². The topological polar surface area (TPSA) is 23.6 Å². The molecule has 172 valence electrons. The minimum absolute atomic E-state index is 0.0228. The Hall–Kier alpha value is -2.42. The van der Waals surface area contributed by atoms with Crippen molar-refractivity contribution in [3.63, 3.8) is 0 Å². The fourth-order valence-corrected chi connectivity index (χ4v) is 4.36. The van der Waals surface area contributed by atoms with Crippen LogP contribution < -0.4 is 4.90 Å². The van der Waals surface area contributed by atoms with Crippen LogP contribution in [0.5, 0.6) is 0 Å². The molecule has 1 unspecified atom stereocenters. The second-order valence-corrected chi connectivity index (χ2v) is 8.48. The lowest BCUT2D eigenvalue weighted by molar-refractivity contribution is -0.138. The highest BCUT2D eigenvalue weighted by Gasteiger charge is 2.47. The van der Waals surface area contributed by atoms with E-state index in [1.54, 1.807) is 15.9 Å². The number of alkyl halides is 6. The molecular formula is C22H19ClF6N2O. The number of carbonyl (C=O) groups excluding carboxylic acids is 1. The summed E-state index contributed by atoms with van der Waals surface area (Å²) in [5.74, 6) is -0.844. The minimum Gasteiger partial charge on any atom is -0.367 e. The van der Waals surface area contributed by atoms with Crippen LogP contribution in [0.25, 0.3) is 0 Å². The molecule has 0 spiro atoms. The number of halogens is 7. The monoisotopic (exact) mass is 476 g/mol. The van der Waals surface area contributed by atoms with Gasteiger partial charge in [-0.25, -0.2) is 0 Å². The first-order valence-electron chi connectivity index (χ1n) is 10.0. The third-order valence-corrected chi connectivity index (χ3v) is 6.18. The van der Waals surface area contributed by atoms with E-state index < -0.39 is 29.4 Å². The van der Waals surface area contributed by atoms with Gasteiger partial charge in [0.15, 0.2) is 0 Å². The van der Waals surface area contributed by atoms with Crippen LogP contribution in [0.15, 0.2) is 42.5 Å². The molecule has 1 amide bonds. The molecule has 2 fully saturated rings. The van der Waals surface area contributed by atoms with Crippen LogP contribution in [0.1, 0.15) is 29.0 Å². The maximum absolute atomic E-state index is 13.4. The maximum atomic E-state index is 13.4. The van der Waals surface area contributed by atoms with Gasteiger partial charge in [-0.1, -0.05) is 29.8 Å². The number of benzene rings is 2. The van der Waals surface area contributed by atoms with E-state index in [0.717, 1.165) is 18.2 Å². The summed E-state index contributed by atoms with van der Waals surface area (Å²) < 4.78 is 78.9. The van der Waals surface area contributed by atoms with Crippen molar-refractivity contribution in [2.45, 2.75) is 24.7 Å². The SMILES string of the molecule is O=C([C@H]1CC1c1cccc(C(F)(F)F)c1)N1CCN(c2cc(Cl)ccc2C(F)(F)F)CC1. The number of rotatable bonds is 3. The maximum Gasteiger partial charge on any atom is 0.418 e. The smallest absolute Gasteiger partial charge is 0.367 e. The quantitative estimate of drug-likeness (QED) is 0.520. The van der Waals surface area contributed by atoms with Gasteiger partial charge in [0.25, 0.3) is 0 Å². The highest BCUT2D eigenvalue weighted by molar-refractivity contribution is 6.30. The average molecular weight is 477 g/mol. The van der Waals surface area contributed by atoms with Crippen LogP contribution >= 0.6 is 11.6 Å². The third-order valence-electron chi connectivity index (χ3n) is 5.95. The Bertz CT molecular complexity index is 1010. The molecule has 0 N–H and O–H groups in total. The molecule has 1 aliphatic heterocycles. The lowest BCUT2D eigenvalue weighted by atomic mass is 10.0. The lowest BCUT2D eigenvalue weighted by Crippen LogP contribution is -2.49. The summed E-state index contributed by atoms with van der Waals surface area (Å²) in [6, 6.07) is 8.39. The van der Waals surface area contributed by atoms with Crippen LogP contribution in [0.2, 0.25) is 5.02 Å². The molecule has 1 aliphatic carbocycles. The number of hydrogen-bond donors (Lipinski definition) is 0. The van der Waals surface area contributed by atoms with Crippen molar-refractivity contribution in [1.29, 1.82) is 0 Å². The van der Waals surface area contributed by atoms with E-state index in [-0.39, 0.29) is 48.7 Å². The second-order valence-electron chi connectivity index (χ2n) is 8.04. The van der Waals surface area contributed by atoms with Crippen LogP contribution in [0.4, 0.5) is 32.0 Å². The standard InChI is InChI=1S/C22H19ClF6N2O/c23-15-4-5-18(22(27,28)29)19(11-15)30-6-8-31(9-7-30)20(32)17-12-16(17)13-2-1-3-14(10-13)21(24,25)26/h1-5,10-11,16-17H,6-9,12H2/t16?,17-/m0/s1. The van der Waals surface area contributed by atoms with E-state index in [0.29, 0.717) is 12.0 Å². The van der Waals surface area contributed by atoms with E-state index in [4.69, 9.17) is 11.6 Å². The van der Waals surface area contributed by atoms with E-state index in [9.17, 15) is 31.1 Å². The molecule has 1 saturated heterocycles. The number of carbonyl (C=O) groups is 1. The molecule has 4 rings (SSSR count). The first-order chi connectivity index (χ1) is 14.9. The number of amides is 1. The molecule has 2 atom stereocenters. The number of nitrogens with zero attached hydrogens (tertiary/aromatic N) is 2. The second kappa shape index (κ2) is 8.17.